The van der Waals surface area contributed by atoms with E-state index in [0.717, 1.165) is 16.5 Å². The second kappa shape index (κ2) is 8.13. The van der Waals surface area contributed by atoms with Crippen molar-refractivity contribution in [2.24, 2.45) is 5.73 Å². The van der Waals surface area contributed by atoms with Crippen molar-refractivity contribution in [2.75, 3.05) is 6.61 Å². The number of hydrogen-bond donors (Lipinski definition) is 1. The maximum absolute atomic E-state index is 9.02. The molecule has 0 amide bonds. The van der Waals surface area contributed by atoms with Gasteiger partial charge >= 0.3 is 0 Å². The second-order valence-corrected chi connectivity index (χ2v) is 5.52. The van der Waals surface area contributed by atoms with Crippen LogP contribution in [0.2, 0.25) is 0 Å². The van der Waals surface area contributed by atoms with Gasteiger partial charge < -0.3 is 15.2 Å². The number of nitriles is 1. The zero-order valence-electron chi connectivity index (χ0n) is 12.1. The van der Waals surface area contributed by atoms with Gasteiger partial charge in [0.1, 0.15) is 6.07 Å². The van der Waals surface area contributed by atoms with E-state index < -0.39 is 6.10 Å². The van der Waals surface area contributed by atoms with Crippen molar-refractivity contribution in [3.05, 3.63) is 22.2 Å². The van der Waals surface area contributed by atoms with E-state index in [-0.39, 0.29) is 6.04 Å². The predicted molar refractivity (Wildman–Crippen MR) is 83.0 cm³/mol. The van der Waals surface area contributed by atoms with E-state index in [1.807, 2.05) is 32.9 Å². The zero-order valence-corrected chi connectivity index (χ0v) is 13.7. The average molecular weight is 341 g/mol. The Balaban J connectivity index is 3.12. The van der Waals surface area contributed by atoms with Gasteiger partial charge in [0, 0.05) is 6.04 Å². The van der Waals surface area contributed by atoms with E-state index in [0.29, 0.717) is 24.5 Å². The summed E-state index contributed by atoms with van der Waals surface area (Å²) < 4.78 is 12.1. The molecule has 0 aromatic heterocycles. The highest BCUT2D eigenvalue weighted by molar-refractivity contribution is 9.10. The Morgan fingerprint density at radius 2 is 2.10 bits per heavy atom. The highest BCUT2D eigenvalue weighted by atomic mass is 79.9. The van der Waals surface area contributed by atoms with Gasteiger partial charge in [-0.05, 0) is 60.3 Å². The lowest BCUT2D eigenvalue weighted by Crippen LogP contribution is -2.18. The summed E-state index contributed by atoms with van der Waals surface area (Å²) >= 11 is 3.49. The van der Waals surface area contributed by atoms with E-state index in [4.69, 9.17) is 20.5 Å². The van der Waals surface area contributed by atoms with Crippen LogP contribution in [0.1, 0.15) is 32.8 Å². The van der Waals surface area contributed by atoms with Crippen LogP contribution in [0, 0.1) is 11.3 Å². The Hall–Kier alpha value is -1.25. The molecule has 0 saturated carbocycles. The van der Waals surface area contributed by atoms with Gasteiger partial charge in [0.25, 0.3) is 0 Å². The van der Waals surface area contributed by atoms with Crippen LogP contribution < -0.4 is 15.2 Å². The molecule has 2 unspecified atom stereocenters. The Kier molecular flexibility index (Phi) is 6.83. The minimum absolute atomic E-state index is 0.0747. The average Bonchev–Trinajstić information content (AvgIpc) is 2.38. The molecule has 4 nitrogen and oxygen atoms in total. The van der Waals surface area contributed by atoms with Gasteiger partial charge in [-0.2, -0.15) is 5.26 Å². The van der Waals surface area contributed by atoms with Gasteiger partial charge in [-0.1, -0.05) is 6.92 Å². The largest absolute Gasteiger partial charge is 0.490 e. The molecule has 0 bridgehead atoms. The first kappa shape index (κ1) is 16.8. The van der Waals surface area contributed by atoms with Gasteiger partial charge in [-0.25, -0.2) is 0 Å². The first-order valence-electron chi connectivity index (χ1n) is 6.78. The molecule has 0 aliphatic rings. The van der Waals surface area contributed by atoms with E-state index in [1.54, 1.807) is 0 Å². The van der Waals surface area contributed by atoms with Crippen molar-refractivity contribution in [1.29, 1.82) is 5.26 Å². The van der Waals surface area contributed by atoms with E-state index >= 15 is 0 Å². The standard InChI is InChI=1S/C15H21BrN2O2/c1-4-12(9-17)20-15-13(16)7-11(6-10(3)18)8-14(15)19-5-2/h7-8,10,12H,4-6,18H2,1-3H3. The summed E-state index contributed by atoms with van der Waals surface area (Å²) in [5, 5.41) is 9.02. The molecule has 2 N–H and O–H groups in total. The van der Waals surface area contributed by atoms with Crippen LogP contribution in [-0.2, 0) is 6.42 Å². The number of nitrogens with two attached hydrogens (primary N) is 1. The van der Waals surface area contributed by atoms with Crippen LogP contribution in [0.3, 0.4) is 0 Å². The summed E-state index contributed by atoms with van der Waals surface area (Å²) in [6, 6.07) is 6.09. The molecule has 5 heteroatoms. The van der Waals surface area contributed by atoms with Crippen molar-refractivity contribution >= 4 is 15.9 Å². The Morgan fingerprint density at radius 3 is 2.60 bits per heavy atom. The maximum Gasteiger partial charge on any atom is 0.184 e. The lowest BCUT2D eigenvalue weighted by molar-refractivity contribution is 0.230. The number of halogens is 1. The molecule has 0 fully saturated rings. The third kappa shape index (κ3) is 4.69. The fourth-order valence-corrected chi connectivity index (χ4v) is 2.41. The fraction of sp³-hybridized carbons (Fsp3) is 0.533. The molecule has 110 valence electrons. The maximum atomic E-state index is 9.02. The Labute approximate surface area is 129 Å². The van der Waals surface area contributed by atoms with Crippen molar-refractivity contribution in [3.8, 4) is 17.6 Å². The summed E-state index contributed by atoms with van der Waals surface area (Å²) in [5.74, 6) is 1.22. The van der Waals surface area contributed by atoms with E-state index in [2.05, 4.69) is 22.0 Å². The molecule has 0 heterocycles. The lowest BCUT2D eigenvalue weighted by Gasteiger charge is -2.18. The van der Waals surface area contributed by atoms with Crippen LogP contribution in [0.4, 0.5) is 0 Å². The van der Waals surface area contributed by atoms with Crippen LogP contribution in [0.25, 0.3) is 0 Å². The monoisotopic (exact) mass is 340 g/mol. The molecule has 0 spiro atoms. The van der Waals surface area contributed by atoms with Gasteiger partial charge in [-0.3, -0.25) is 0 Å². The molecule has 2 atom stereocenters. The quantitative estimate of drug-likeness (QED) is 0.825. The van der Waals surface area contributed by atoms with Crippen LogP contribution in [0.5, 0.6) is 11.5 Å². The minimum atomic E-state index is -0.482. The van der Waals surface area contributed by atoms with Crippen LogP contribution in [0.15, 0.2) is 16.6 Å². The van der Waals surface area contributed by atoms with Crippen LogP contribution in [-0.4, -0.2) is 18.8 Å². The predicted octanol–water partition coefficient (Wildman–Crippen LogP) is 3.42. The SMILES string of the molecule is CCOc1cc(CC(C)N)cc(Br)c1OC(C#N)CC. The number of ether oxygens (including phenoxy) is 2. The van der Waals surface area contributed by atoms with Crippen molar-refractivity contribution in [1.82, 2.24) is 0 Å². The number of rotatable bonds is 7. The molecule has 0 radical (unpaired) electrons. The van der Waals surface area contributed by atoms with E-state index in [9.17, 15) is 0 Å². The number of benzene rings is 1. The Morgan fingerprint density at radius 1 is 1.40 bits per heavy atom. The molecule has 0 aliphatic heterocycles. The molecular formula is C15H21BrN2O2. The zero-order chi connectivity index (χ0) is 15.1. The smallest absolute Gasteiger partial charge is 0.184 e. The molecule has 20 heavy (non-hydrogen) atoms. The molecule has 1 aromatic rings. The molecule has 0 aliphatic carbocycles. The molecule has 1 aromatic carbocycles. The minimum Gasteiger partial charge on any atom is -0.490 e. The highest BCUT2D eigenvalue weighted by Gasteiger charge is 2.16. The number of hydrogen-bond acceptors (Lipinski definition) is 4. The van der Waals surface area contributed by atoms with Crippen molar-refractivity contribution < 1.29 is 9.47 Å². The summed E-state index contributed by atoms with van der Waals surface area (Å²) in [5.41, 5.74) is 6.91. The summed E-state index contributed by atoms with van der Waals surface area (Å²) in [6.45, 7) is 6.32. The van der Waals surface area contributed by atoms with Gasteiger partial charge in [-0.15, -0.1) is 0 Å². The summed E-state index contributed by atoms with van der Waals surface area (Å²) in [6.07, 6.45) is 0.898. The molecule has 1 rings (SSSR count). The third-order valence-electron chi connectivity index (χ3n) is 2.70. The van der Waals surface area contributed by atoms with Crippen molar-refractivity contribution in [3.63, 3.8) is 0 Å². The highest BCUT2D eigenvalue weighted by Crippen LogP contribution is 2.38. The molecular weight excluding hydrogens is 320 g/mol. The third-order valence-corrected chi connectivity index (χ3v) is 3.29. The normalized spacial score (nSPS) is 13.4. The topological polar surface area (TPSA) is 68.3 Å². The number of nitrogens with zero attached hydrogens (tertiary/aromatic N) is 1. The lowest BCUT2D eigenvalue weighted by atomic mass is 10.1. The van der Waals surface area contributed by atoms with Crippen LogP contribution >= 0.6 is 15.9 Å². The molecule has 0 saturated heterocycles. The Bertz CT molecular complexity index is 483. The van der Waals surface area contributed by atoms with Gasteiger partial charge in [0.05, 0.1) is 11.1 Å². The summed E-state index contributed by atoms with van der Waals surface area (Å²) in [4.78, 5) is 0. The van der Waals surface area contributed by atoms with E-state index in [1.165, 1.54) is 0 Å². The van der Waals surface area contributed by atoms with Gasteiger partial charge in [0.15, 0.2) is 17.6 Å². The first-order valence-corrected chi connectivity index (χ1v) is 7.58. The first-order chi connectivity index (χ1) is 9.51. The fourth-order valence-electron chi connectivity index (χ4n) is 1.83. The second-order valence-electron chi connectivity index (χ2n) is 4.66. The van der Waals surface area contributed by atoms with Crippen molar-refractivity contribution in [2.45, 2.75) is 45.8 Å². The summed E-state index contributed by atoms with van der Waals surface area (Å²) in [7, 11) is 0. The van der Waals surface area contributed by atoms with Gasteiger partial charge in [0.2, 0.25) is 0 Å².